The number of anilines is 1. The highest BCUT2D eigenvalue weighted by Crippen LogP contribution is 2.63. The van der Waals surface area contributed by atoms with Gasteiger partial charge in [0.15, 0.2) is 5.78 Å². The topological polar surface area (TPSA) is 111 Å². The molecule has 26 heavy (non-hydrogen) atoms. The van der Waals surface area contributed by atoms with E-state index in [1.165, 1.54) is 36.4 Å². The Hall–Kier alpha value is -2.41. The summed E-state index contributed by atoms with van der Waals surface area (Å²) in [6.45, 7) is 2.13. The lowest BCUT2D eigenvalue weighted by molar-refractivity contribution is -0.384. The Balaban J connectivity index is 1.96. The molecule has 138 valence electrons. The second kappa shape index (κ2) is 7.45. The van der Waals surface area contributed by atoms with Gasteiger partial charge in [-0.05, 0) is 55.3 Å². The summed E-state index contributed by atoms with van der Waals surface area (Å²) < 4.78 is 24.5. The number of nitrogens with zero attached hydrogens (tertiary/aromatic N) is 1. The number of nitro groups is 1. The van der Waals surface area contributed by atoms with Crippen LogP contribution >= 0.6 is 7.60 Å². The second-order valence-electron chi connectivity index (χ2n) is 6.02. The van der Waals surface area contributed by atoms with Crippen LogP contribution in [0.1, 0.15) is 24.7 Å². The van der Waals surface area contributed by atoms with Crippen LogP contribution in [-0.4, -0.2) is 22.7 Å². The largest absolute Gasteiger partial charge is 0.508 e. The van der Waals surface area contributed by atoms with E-state index in [0.29, 0.717) is 24.3 Å². The smallest absolute Gasteiger partial charge is 0.357 e. The van der Waals surface area contributed by atoms with E-state index in [2.05, 4.69) is 5.32 Å². The molecule has 8 nitrogen and oxygen atoms in total. The minimum absolute atomic E-state index is 0.0609. The number of benzene rings is 2. The van der Waals surface area contributed by atoms with Gasteiger partial charge in [0.1, 0.15) is 5.75 Å². The molecular weight excluding hydrogens is 359 g/mol. The zero-order valence-electron chi connectivity index (χ0n) is 14.1. The maximum Gasteiger partial charge on any atom is 0.357 e. The molecule has 9 heteroatoms. The van der Waals surface area contributed by atoms with Crippen LogP contribution in [0.2, 0.25) is 0 Å². The zero-order valence-corrected chi connectivity index (χ0v) is 15.0. The van der Waals surface area contributed by atoms with Crippen molar-refractivity contribution in [1.82, 2.24) is 0 Å². The molecule has 2 aromatic rings. The predicted octanol–water partition coefficient (Wildman–Crippen LogP) is 4.43. The molecule has 1 aliphatic heterocycles. The number of phenols is 1. The van der Waals surface area contributed by atoms with Gasteiger partial charge in [0.25, 0.3) is 5.69 Å². The highest BCUT2D eigenvalue weighted by molar-refractivity contribution is 7.54. The van der Waals surface area contributed by atoms with Gasteiger partial charge in [-0.3, -0.25) is 14.7 Å². The first-order chi connectivity index (χ1) is 12.4. The van der Waals surface area contributed by atoms with Gasteiger partial charge in [-0.15, -0.1) is 0 Å². The van der Waals surface area contributed by atoms with Crippen molar-refractivity contribution >= 4 is 19.0 Å². The molecule has 0 unspecified atom stereocenters. The summed E-state index contributed by atoms with van der Waals surface area (Å²) >= 11 is 0. The molecule has 0 radical (unpaired) electrons. The molecule has 2 N–H and O–H groups in total. The number of aromatic hydroxyl groups is 1. The lowest BCUT2D eigenvalue weighted by Gasteiger charge is -2.34. The number of nitrogens with one attached hydrogen (secondary N) is 1. The number of hydrogen-bond acceptors (Lipinski definition) is 7. The molecule has 0 spiro atoms. The third-order valence-corrected chi connectivity index (χ3v) is 6.28. The van der Waals surface area contributed by atoms with Crippen molar-refractivity contribution in [2.24, 2.45) is 0 Å². The molecule has 1 fully saturated rings. The van der Waals surface area contributed by atoms with E-state index in [1.807, 2.05) is 6.92 Å². The summed E-state index contributed by atoms with van der Waals surface area (Å²) in [5, 5.41) is 23.4. The van der Waals surface area contributed by atoms with Crippen molar-refractivity contribution < 1.29 is 23.6 Å². The third kappa shape index (κ3) is 4.04. The Kier molecular flexibility index (Phi) is 5.27. The van der Waals surface area contributed by atoms with Crippen LogP contribution in [0.5, 0.6) is 5.75 Å². The van der Waals surface area contributed by atoms with Crippen LogP contribution in [0.3, 0.4) is 0 Å². The molecule has 0 aliphatic carbocycles. The molecule has 1 heterocycles. The predicted molar refractivity (Wildman–Crippen MR) is 96.3 cm³/mol. The van der Waals surface area contributed by atoms with Crippen molar-refractivity contribution in [3.63, 3.8) is 0 Å². The molecule has 0 aromatic heterocycles. The number of nitro benzene ring substituents is 1. The van der Waals surface area contributed by atoms with E-state index in [9.17, 15) is 19.8 Å². The van der Waals surface area contributed by atoms with Crippen LogP contribution in [-0.2, 0) is 13.6 Å². The molecule has 1 aliphatic rings. The van der Waals surface area contributed by atoms with E-state index in [-0.39, 0.29) is 17.5 Å². The summed E-state index contributed by atoms with van der Waals surface area (Å²) in [7, 11) is -3.56. The van der Waals surface area contributed by atoms with E-state index < -0.39 is 18.3 Å². The second-order valence-corrected chi connectivity index (χ2v) is 8.09. The number of rotatable bonds is 5. The van der Waals surface area contributed by atoms with Gasteiger partial charge < -0.3 is 19.5 Å². The molecule has 3 atom stereocenters. The molecule has 3 rings (SSSR count). The monoisotopic (exact) mass is 378 g/mol. The summed E-state index contributed by atoms with van der Waals surface area (Å²) in [6, 6.07) is 12.0. The van der Waals surface area contributed by atoms with Gasteiger partial charge >= 0.3 is 7.60 Å². The Bertz CT molecular complexity index is 824. The van der Waals surface area contributed by atoms with Gasteiger partial charge in [0.05, 0.1) is 17.6 Å². The maximum absolute atomic E-state index is 13.3. The Morgan fingerprint density at radius 3 is 2.46 bits per heavy atom. The van der Waals surface area contributed by atoms with Crippen LogP contribution < -0.4 is 5.32 Å². The van der Waals surface area contributed by atoms with Gasteiger partial charge in [0, 0.05) is 17.8 Å². The lowest BCUT2D eigenvalue weighted by Crippen LogP contribution is -2.23. The fourth-order valence-corrected chi connectivity index (χ4v) is 4.80. The molecule has 2 aromatic carbocycles. The summed E-state index contributed by atoms with van der Waals surface area (Å²) in [5.74, 6) is -0.733. The fraction of sp³-hybridized carbons (Fsp3) is 0.294. The average molecular weight is 378 g/mol. The van der Waals surface area contributed by atoms with Crippen LogP contribution in [0, 0.1) is 10.1 Å². The first kappa shape index (κ1) is 18.4. The highest BCUT2D eigenvalue weighted by Gasteiger charge is 2.41. The van der Waals surface area contributed by atoms with Crippen molar-refractivity contribution in [3.8, 4) is 5.75 Å². The SMILES string of the molecule is C[C@H]1CCO[P@](=O)([C@H](Nc2ccc(O)cc2)c2ccc([N+](=O)[O-])cc2)O1. The minimum Gasteiger partial charge on any atom is -0.508 e. The van der Waals surface area contributed by atoms with E-state index in [4.69, 9.17) is 9.05 Å². The third-order valence-electron chi connectivity index (χ3n) is 4.03. The Labute approximate surface area is 150 Å². The summed E-state index contributed by atoms with van der Waals surface area (Å²) in [4.78, 5) is 10.4. The van der Waals surface area contributed by atoms with Crippen LogP contribution in [0.25, 0.3) is 0 Å². The van der Waals surface area contributed by atoms with Crippen LogP contribution in [0.15, 0.2) is 48.5 Å². The van der Waals surface area contributed by atoms with E-state index in [0.717, 1.165) is 0 Å². The summed E-state index contributed by atoms with van der Waals surface area (Å²) in [5.41, 5.74) is 1.09. The van der Waals surface area contributed by atoms with Crippen molar-refractivity contribution in [2.75, 3.05) is 11.9 Å². The zero-order chi connectivity index (χ0) is 18.7. The van der Waals surface area contributed by atoms with E-state index in [1.54, 1.807) is 12.1 Å². The molecule has 0 saturated carbocycles. The van der Waals surface area contributed by atoms with Gasteiger partial charge in [-0.1, -0.05) is 0 Å². The van der Waals surface area contributed by atoms with Gasteiger partial charge in [-0.25, -0.2) is 0 Å². The summed E-state index contributed by atoms with van der Waals surface area (Å²) in [6.07, 6.45) is 0.410. The molecule has 0 bridgehead atoms. The first-order valence-electron chi connectivity index (χ1n) is 8.10. The van der Waals surface area contributed by atoms with Gasteiger partial charge in [-0.2, -0.15) is 0 Å². The van der Waals surface area contributed by atoms with Crippen molar-refractivity contribution in [2.45, 2.75) is 25.2 Å². The van der Waals surface area contributed by atoms with Gasteiger partial charge in [0.2, 0.25) is 0 Å². The van der Waals surface area contributed by atoms with Crippen molar-refractivity contribution in [1.29, 1.82) is 0 Å². The minimum atomic E-state index is -3.56. The lowest BCUT2D eigenvalue weighted by atomic mass is 10.2. The van der Waals surface area contributed by atoms with Crippen molar-refractivity contribution in [3.05, 3.63) is 64.2 Å². The Morgan fingerprint density at radius 1 is 1.23 bits per heavy atom. The first-order valence-corrected chi connectivity index (χ1v) is 9.71. The molecule has 0 amide bonds. The fourth-order valence-electron chi connectivity index (χ4n) is 2.65. The standard InChI is InChI=1S/C17H19N2O6P/c1-12-10-11-24-26(23,25-12)17(18-14-4-8-16(20)9-5-14)13-2-6-15(7-3-13)19(21)22/h2-9,12,17-18,20H,10-11H2,1H3/t12-,17-,26+/m0/s1. The normalized spacial score (nSPS) is 24.0. The maximum atomic E-state index is 13.3. The van der Waals surface area contributed by atoms with Crippen LogP contribution in [0.4, 0.5) is 11.4 Å². The quantitative estimate of drug-likeness (QED) is 0.343. The molecule has 1 saturated heterocycles. The molecular formula is C17H19N2O6P. The van der Waals surface area contributed by atoms with E-state index >= 15 is 0 Å². The average Bonchev–Trinajstić information content (AvgIpc) is 2.61. The number of hydrogen-bond donors (Lipinski definition) is 2. The number of non-ortho nitro benzene ring substituents is 1. The Morgan fingerprint density at radius 2 is 1.88 bits per heavy atom. The highest BCUT2D eigenvalue weighted by atomic mass is 31.2. The number of phenolic OH excluding ortho intramolecular Hbond substituents is 1.